The Balaban J connectivity index is 1.30. The Hall–Kier alpha value is -2.64. The molecule has 1 unspecified atom stereocenters. The molecule has 0 radical (unpaired) electrons. The monoisotopic (exact) mass is 470 g/mol. The third kappa shape index (κ3) is 5.84. The number of rotatable bonds is 8. The van der Waals surface area contributed by atoms with Gasteiger partial charge in [0.05, 0.1) is 5.69 Å². The van der Waals surface area contributed by atoms with Gasteiger partial charge in [0, 0.05) is 43.3 Å². The standard InChI is InChI=1S/C25H31ClN4O3/c1-18-7-2-3-14-29(18)15-6-13-27-23(31)9-5-16-30-21-17-19(26)10-11-22(21)33-24-20(25(30)32)8-4-12-28-24/h4,8,10-12,17-18H,2-3,5-7,9,13-16H2,1H3,(H,27,31). The van der Waals surface area contributed by atoms with E-state index in [-0.39, 0.29) is 17.7 Å². The molecule has 0 spiro atoms. The third-order valence-corrected chi connectivity index (χ3v) is 6.57. The van der Waals surface area contributed by atoms with Gasteiger partial charge in [0.2, 0.25) is 11.8 Å². The minimum atomic E-state index is -0.213. The van der Waals surface area contributed by atoms with Gasteiger partial charge in [0.25, 0.3) is 5.91 Å². The van der Waals surface area contributed by atoms with Crippen LogP contribution in [0.15, 0.2) is 36.5 Å². The number of halogens is 1. The fourth-order valence-electron chi connectivity index (χ4n) is 4.49. The zero-order chi connectivity index (χ0) is 23.2. The summed E-state index contributed by atoms with van der Waals surface area (Å²) in [7, 11) is 0. The van der Waals surface area contributed by atoms with Crippen LogP contribution in [-0.4, -0.2) is 53.9 Å². The summed E-state index contributed by atoms with van der Waals surface area (Å²) in [5.41, 5.74) is 0.975. The number of hydrogen-bond acceptors (Lipinski definition) is 5. The van der Waals surface area contributed by atoms with E-state index in [1.807, 2.05) is 0 Å². The summed E-state index contributed by atoms with van der Waals surface area (Å²) in [6.45, 7) is 5.52. The average molecular weight is 471 g/mol. The van der Waals surface area contributed by atoms with E-state index in [0.717, 1.165) is 19.5 Å². The molecule has 8 heteroatoms. The van der Waals surface area contributed by atoms with Crippen LogP contribution in [0, 0.1) is 0 Å². The van der Waals surface area contributed by atoms with E-state index in [4.69, 9.17) is 16.3 Å². The molecule has 1 saturated heterocycles. The zero-order valence-electron chi connectivity index (χ0n) is 19.1. The van der Waals surface area contributed by atoms with E-state index in [9.17, 15) is 9.59 Å². The Labute approximate surface area is 200 Å². The molecule has 0 aliphatic carbocycles. The van der Waals surface area contributed by atoms with Gasteiger partial charge >= 0.3 is 0 Å². The van der Waals surface area contributed by atoms with Crippen molar-refractivity contribution in [2.45, 2.75) is 51.5 Å². The van der Waals surface area contributed by atoms with Crippen LogP contribution in [0.4, 0.5) is 5.69 Å². The van der Waals surface area contributed by atoms with E-state index in [2.05, 4.69) is 22.1 Å². The smallest absolute Gasteiger partial charge is 0.263 e. The Morgan fingerprint density at radius 3 is 2.97 bits per heavy atom. The molecular formula is C25H31ClN4O3. The summed E-state index contributed by atoms with van der Waals surface area (Å²) in [6.07, 6.45) is 7.27. The van der Waals surface area contributed by atoms with Crippen LogP contribution in [0.5, 0.6) is 11.6 Å². The molecule has 0 saturated carbocycles. The molecule has 1 aromatic carbocycles. The highest BCUT2D eigenvalue weighted by atomic mass is 35.5. The molecule has 2 amide bonds. The molecule has 176 valence electrons. The Morgan fingerprint density at radius 2 is 2.12 bits per heavy atom. The van der Waals surface area contributed by atoms with Gasteiger partial charge < -0.3 is 19.9 Å². The second-order valence-electron chi connectivity index (χ2n) is 8.71. The first-order chi connectivity index (χ1) is 16.0. The van der Waals surface area contributed by atoms with Crippen molar-refractivity contribution in [2.75, 3.05) is 31.1 Å². The Kier molecular flexibility index (Phi) is 7.83. The van der Waals surface area contributed by atoms with Crippen molar-refractivity contribution in [1.29, 1.82) is 0 Å². The SMILES string of the molecule is CC1CCCCN1CCCNC(=O)CCCN1C(=O)c2cccnc2Oc2ccc(Cl)cc21. The normalized spacial score (nSPS) is 18.2. The molecule has 1 fully saturated rings. The summed E-state index contributed by atoms with van der Waals surface area (Å²) >= 11 is 6.20. The summed E-state index contributed by atoms with van der Waals surface area (Å²) in [5, 5.41) is 3.53. The summed E-state index contributed by atoms with van der Waals surface area (Å²) < 4.78 is 5.89. The molecule has 3 heterocycles. The molecule has 1 aromatic heterocycles. The largest absolute Gasteiger partial charge is 0.436 e. The van der Waals surface area contributed by atoms with Gasteiger partial charge in [0.1, 0.15) is 5.56 Å². The second-order valence-corrected chi connectivity index (χ2v) is 9.15. The van der Waals surface area contributed by atoms with Gasteiger partial charge in [0.15, 0.2) is 5.75 Å². The number of likely N-dealkylation sites (tertiary alicyclic amines) is 1. The van der Waals surface area contributed by atoms with Gasteiger partial charge in [-0.3, -0.25) is 9.59 Å². The Morgan fingerprint density at radius 1 is 1.24 bits per heavy atom. The lowest BCUT2D eigenvalue weighted by Gasteiger charge is -2.33. The highest BCUT2D eigenvalue weighted by Crippen LogP contribution is 2.39. The summed E-state index contributed by atoms with van der Waals surface area (Å²) in [6, 6.07) is 9.20. The van der Waals surface area contributed by atoms with E-state index in [1.165, 1.54) is 19.3 Å². The van der Waals surface area contributed by atoms with Crippen molar-refractivity contribution < 1.29 is 14.3 Å². The minimum Gasteiger partial charge on any atom is -0.436 e. The van der Waals surface area contributed by atoms with E-state index in [1.54, 1.807) is 41.4 Å². The van der Waals surface area contributed by atoms with Crippen LogP contribution >= 0.6 is 11.6 Å². The van der Waals surface area contributed by atoms with Gasteiger partial charge in [-0.05, 0) is 69.5 Å². The number of nitrogens with zero attached hydrogens (tertiary/aromatic N) is 3. The number of piperidine rings is 1. The number of benzene rings is 1. The molecule has 2 aliphatic heterocycles. The molecular weight excluding hydrogens is 440 g/mol. The van der Waals surface area contributed by atoms with E-state index >= 15 is 0 Å². The van der Waals surface area contributed by atoms with Gasteiger partial charge in [-0.25, -0.2) is 4.98 Å². The van der Waals surface area contributed by atoms with Crippen molar-refractivity contribution in [3.63, 3.8) is 0 Å². The summed E-state index contributed by atoms with van der Waals surface area (Å²) in [5.74, 6) is 0.583. The van der Waals surface area contributed by atoms with Crippen LogP contribution in [0.2, 0.25) is 5.02 Å². The number of hydrogen-bond donors (Lipinski definition) is 1. The fraction of sp³-hybridized carbons (Fsp3) is 0.480. The number of carbonyl (C=O) groups excluding carboxylic acids is 2. The fourth-order valence-corrected chi connectivity index (χ4v) is 4.66. The zero-order valence-corrected chi connectivity index (χ0v) is 19.8. The lowest BCUT2D eigenvalue weighted by molar-refractivity contribution is -0.121. The van der Waals surface area contributed by atoms with Gasteiger partial charge in [-0.2, -0.15) is 0 Å². The van der Waals surface area contributed by atoms with Crippen molar-refractivity contribution in [3.8, 4) is 11.6 Å². The topological polar surface area (TPSA) is 74.8 Å². The van der Waals surface area contributed by atoms with E-state index in [0.29, 0.717) is 54.0 Å². The van der Waals surface area contributed by atoms with Crippen LogP contribution in [0.3, 0.4) is 0 Å². The van der Waals surface area contributed by atoms with E-state index < -0.39 is 0 Å². The number of aromatic nitrogens is 1. The second kappa shape index (κ2) is 11.0. The highest BCUT2D eigenvalue weighted by Gasteiger charge is 2.29. The van der Waals surface area contributed by atoms with Crippen molar-refractivity contribution in [1.82, 2.24) is 15.2 Å². The quantitative estimate of drug-likeness (QED) is 0.568. The minimum absolute atomic E-state index is 0.00796. The van der Waals surface area contributed by atoms with Crippen LogP contribution < -0.4 is 15.0 Å². The number of fused-ring (bicyclic) bond motifs is 2. The van der Waals surface area contributed by atoms with Gasteiger partial charge in [-0.1, -0.05) is 18.0 Å². The van der Waals surface area contributed by atoms with Crippen molar-refractivity contribution in [3.05, 3.63) is 47.1 Å². The maximum absolute atomic E-state index is 13.2. The van der Waals surface area contributed by atoms with Crippen LogP contribution in [0.25, 0.3) is 0 Å². The number of nitrogens with one attached hydrogen (secondary N) is 1. The number of anilines is 1. The Bertz CT molecular complexity index is 999. The first-order valence-electron chi connectivity index (χ1n) is 11.8. The first kappa shape index (κ1) is 23.5. The highest BCUT2D eigenvalue weighted by molar-refractivity contribution is 6.31. The van der Waals surface area contributed by atoms with Crippen LogP contribution in [-0.2, 0) is 4.79 Å². The first-order valence-corrected chi connectivity index (χ1v) is 12.2. The molecule has 4 rings (SSSR count). The maximum atomic E-state index is 13.2. The lowest BCUT2D eigenvalue weighted by atomic mass is 10.0. The molecule has 2 aliphatic rings. The molecule has 0 bridgehead atoms. The summed E-state index contributed by atoms with van der Waals surface area (Å²) in [4.78, 5) is 33.9. The maximum Gasteiger partial charge on any atom is 0.263 e. The predicted octanol–water partition coefficient (Wildman–Crippen LogP) is 4.65. The molecule has 1 atom stereocenters. The van der Waals surface area contributed by atoms with Gasteiger partial charge in [-0.15, -0.1) is 0 Å². The number of ether oxygens (including phenoxy) is 1. The predicted molar refractivity (Wildman–Crippen MR) is 129 cm³/mol. The molecule has 7 nitrogen and oxygen atoms in total. The van der Waals surface area contributed by atoms with Crippen molar-refractivity contribution >= 4 is 29.1 Å². The van der Waals surface area contributed by atoms with Crippen LogP contribution in [0.1, 0.15) is 55.8 Å². The molecule has 33 heavy (non-hydrogen) atoms. The number of carbonyl (C=O) groups is 2. The molecule has 2 aromatic rings. The number of amides is 2. The van der Waals surface area contributed by atoms with Crippen molar-refractivity contribution in [2.24, 2.45) is 0 Å². The average Bonchev–Trinajstić information content (AvgIpc) is 2.92. The number of pyridine rings is 1. The lowest BCUT2D eigenvalue weighted by Crippen LogP contribution is -2.39. The third-order valence-electron chi connectivity index (χ3n) is 6.34. The molecule has 1 N–H and O–H groups in total.